The second-order valence-electron chi connectivity index (χ2n) is 7.27. The van der Waals surface area contributed by atoms with Crippen LogP contribution in [-0.2, 0) is 16.0 Å². The monoisotopic (exact) mass is 482 g/mol. The number of halogens is 1. The number of carboxylic acids is 1. The number of thioether (sulfide) groups is 1. The number of aromatic carboxylic acids is 1. The predicted molar refractivity (Wildman–Crippen MR) is 132 cm³/mol. The first-order chi connectivity index (χ1) is 15.8. The number of nitrogens with one attached hydrogen (secondary N) is 2. The summed E-state index contributed by atoms with van der Waals surface area (Å²) in [6.07, 6.45) is 0.798. The van der Waals surface area contributed by atoms with Gasteiger partial charge in [-0.25, -0.2) is 4.79 Å². The quantitative estimate of drug-likeness (QED) is 0.338. The molecule has 0 fully saturated rings. The fraction of sp³-hybridized carbons (Fsp3) is 0.160. The van der Waals surface area contributed by atoms with Crippen LogP contribution in [0.2, 0.25) is 5.02 Å². The molecule has 0 bridgehead atoms. The van der Waals surface area contributed by atoms with Gasteiger partial charge in [-0.3, -0.25) is 9.59 Å². The Bertz CT molecular complexity index is 1150. The summed E-state index contributed by atoms with van der Waals surface area (Å²) in [6.45, 7) is 1.91. The topological polar surface area (TPSA) is 95.5 Å². The van der Waals surface area contributed by atoms with Crippen LogP contribution >= 0.6 is 23.4 Å². The third-order valence-electron chi connectivity index (χ3n) is 4.71. The lowest BCUT2D eigenvalue weighted by Crippen LogP contribution is -2.24. The fourth-order valence-corrected chi connectivity index (χ4v) is 4.22. The van der Waals surface area contributed by atoms with Gasteiger partial charge in [0.15, 0.2) is 0 Å². The van der Waals surface area contributed by atoms with E-state index in [1.54, 1.807) is 30.3 Å². The number of hydrogen-bond donors (Lipinski definition) is 3. The van der Waals surface area contributed by atoms with Crippen molar-refractivity contribution >= 4 is 52.5 Å². The van der Waals surface area contributed by atoms with E-state index in [-0.39, 0.29) is 23.8 Å². The maximum atomic E-state index is 12.8. The van der Waals surface area contributed by atoms with Crippen molar-refractivity contribution in [2.45, 2.75) is 29.9 Å². The molecule has 3 rings (SSSR count). The Labute approximate surface area is 201 Å². The summed E-state index contributed by atoms with van der Waals surface area (Å²) in [5.41, 5.74) is 2.04. The van der Waals surface area contributed by atoms with Gasteiger partial charge in [-0.1, -0.05) is 42.8 Å². The number of anilines is 2. The van der Waals surface area contributed by atoms with Gasteiger partial charge in [0, 0.05) is 21.3 Å². The molecular formula is C25H23ClN2O4S. The normalized spacial score (nSPS) is 11.5. The van der Waals surface area contributed by atoms with Gasteiger partial charge in [0.2, 0.25) is 11.8 Å². The largest absolute Gasteiger partial charge is 0.478 e. The summed E-state index contributed by atoms with van der Waals surface area (Å²) >= 11 is 7.26. The van der Waals surface area contributed by atoms with E-state index in [1.165, 1.54) is 23.9 Å². The molecule has 0 aliphatic carbocycles. The Morgan fingerprint density at radius 3 is 2.27 bits per heavy atom. The molecule has 3 aromatic carbocycles. The van der Waals surface area contributed by atoms with Gasteiger partial charge >= 0.3 is 5.97 Å². The van der Waals surface area contributed by atoms with Gasteiger partial charge in [-0.2, -0.15) is 0 Å². The van der Waals surface area contributed by atoms with Crippen LogP contribution in [0.4, 0.5) is 11.4 Å². The van der Waals surface area contributed by atoms with Crippen LogP contribution in [0.15, 0.2) is 77.7 Å². The number of carbonyl (C=O) groups excluding carboxylic acids is 2. The molecule has 0 heterocycles. The van der Waals surface area contributed by atoms with E-state index < -0.39 is 11.2 Å². The molecule has 1 atom stereocenters. The van der Waals surface area contributed by atoms with Gasteiger partial charge < -0.3 is 15.7 Å². The standard InChI is InChI=1S/C25H23ClN2O4S/c1-2-22(24(30)28-19-6-3-5-17(14-19)25(31)32)33-21-8-4-7-20(15-21)27-23(29)13-16-9-11-18(26)12-10-16/h3-12,14-15,22H,2,13H2,1H3,(H,27,29)(H,28,30)(H,31,32). The number of carbonyl (C=O) groups is 3. The first-order valence-corrected chi connectivity index (χ1v) is 11.5. The van der Waals surface area contributed by atoms with Crippen LogP contribution < -0.4 is 10.6 Å². The van der Waals surface area contributed by atoms with E-state index in [0.29, 0.717) is 22.8 Å². The van der Waals surface area contributed by atoms with Gasteiger partial charge in [-0.05, 0) is 60.5 Å². The first kappa shape index (κ1) is 24.4. The van der Waals surface area contributed by atoms with Gasteiger partial charge in [0.25, 0.3) is 0 Å². The van der Waals surface area contributed by atoms with Crippen molar-refractivity contribution in [1.82, 2.24) is 0 Å². The molecule has 3 N–H and O–H groups in total. The number of hydrogen-bond acceptors (Lipinski definition) is 4. The summed E-state index contributed by atoms with van der Waals surface area (Å²) < 4.78 is 0. The van der Waals surface area contributed by atoms with Gasteiger partial charge in [0.05, 0.1) is 17.2 Å². The van der Waals surface area contributed by atoms with Crippen molar-refractivity contribution in [3.8, 4) is 0 Å². The molecule has 6 nitrogen and oxygen atoms in total. The van der Waals surface area contributed by atoms with E-state index in [9.17, 15) is 14.4 Å². The summed E-state index contributed by atoms with van der Waals surface area (Å²) in [7, 11) is 0. The average molecular weight is 483 g/mol. The number of carboxylic acid groups (broad SMARTS) is 1. The van der Waals surface area contributed by atoms with Crippen LogP contribution in [0.3, 0.4) is 0 Å². The van der Waals surface area contributed by atoms with Crippen molar-refractivity contribution in [2.24, 2.45) is 0 Å². The third kappa shape index (κ3) is 7.37. The Balaban J connectivity index is 1.62. The maximum Gasteiger partial charge on any atom is 0.335 e. The van der Waals surface area contributed by atoms with Gasteiger partial charge in [0.1, 0.15) is 0 Å². The summed E-state index contributed by atoms with van der Waals surface area (Å²) in [5.74, 6) is -1.42. The molecule has 0 saturated heterocycles. The molecular weight excluding hydrogens is 460 g/mol. The molecule has 0 aliphatic rings. The van der Waals surface area contributed by atoms with E-state index in [2.05, 4.69) is 10.6 Å². The van der Waals surface area contributed by atoms with E-state index in [4.69, 9.17) is 16.7 Å². The molecule has 3 aromatic rings. The van der Waals surface area contributed by atoms with Crippen molar-refractivity contribution < 1.29 is 19.5 Å². The molecule has 2 amide bonds. The Hall–Kier alpha value is -3.29. The highest BCUT2D eigenvalue weighted by atomic mass is 35.5. The SMILES string of the molecule is CCC(Sc1cccc(NC(=O)Cc2ccc(Cl)cc2)c1)C(=O)Nc1cccc(C(=O)O)c1. The minimum Gasteiger partial charge on any atom is -0.478 e. The number of benzene rings is 3. The number of amides is 2. The average Bonchev–Trinajstić information content (AvgIpc) is 2.79. The van der Waals surface area contributed by atoms with E-state index >= 15 is 0 Å². The van der Waals surface area contributed by atoms with Crippen LogP contribution in [0, 0.1) is 0 Å². The van der Waals surface area contributed by atoms with Crippen LogP contribution in [0.5, 0.6) is 0 Å². The van der Waals surface area contributed by atoms with Crippen molar-refractivity contribution in [3.05, 3.63) is 88.9 Å². The summed E-state index contributed by atoms with van der Waals surface area (Å²) in [5, 5.41) is 15.0. The number of rotatable bonds is 9. The second-order valence-corrected chi connectivity index (χ2v) is 8.98. The van der Waals surface area contributed by atoms with Crippen molar-refractivity contribution in [1.29, 1.82) is 0 Å². The predicted octanol–water partition coefficient (Wildman–Crippen LogP) is 5.73. The minimum absolute atomic E-state index is 0.107. The molecule has 0 spiro atoms. The highest BCUT2D eigenvalue weighted by Crippen LogP contribution is 2.29. The fourth-order valence-electron chi connectivity index (χ4n) is 3.08. The minimum atomic E-state index is -1.05. The first-order valence-electron chi connectivity index (χ1n) is 10.3. The molecule has 170 valence electrons. The van der Waals surface area contributed by atoms with Crippen molar-refractivity contribution in [2.75, 3.05) is 10.6 Å². The Morgan fingerprint density at radius 1 is 0.939 bits per heavy atom. The van der Waals surface area contributed by atoms with Gasteiger partial charge in [-0.15, -0.1) is 11.8 Å². The molecule has 0 aliphatic heterocycles. The Morgan fingerprint density at radius 2 is 1.61 bits per heavy atom. The smallest absolute Gasteiger partial charge is 0.335 e. The summed E-state index contributed by atoms with van der Waals surface area (Å²) in [4.78, 5) is 37.1. The maximum absolute atomic E-state index is 12.8. The molecule has 0 radical (unpaired) electrons. The van der Waals surface area contributed by atoms with Crippen molar-refractivity contribution in [3.63, 3.8) is 0 Å². The zero-order valence-electron chi connectivity index (χ0n) is 17.9. The lowest BCUT2D eigenvalue weighted by atomic mass is 10.1. The van der Waals surface area contributed by atoms with E-state index in [1.807, 2.05) is 37.3 Å². The Kier molecular flexibility index (Phi) is 8.52. The second kappa shape index (κ2) is 11.5. The lowest BCUT2D eigenvalue weighted by Gasteiger charge is -2.16. The molecule has 1 unspecified atom stereocenters. The third-order valence-corrected chi connectivity index (χ3v) is 6.32. The highest BCUT2D eigenvalue weighted by Gasteiger charge is 2.19. The van der Waals surface area contributed by atoms with E-state index in [0.717, 1.165) is 10.5 Å². The molecule has 0 saturated carbocycles. The molecule has 8 heteroatoms. The van der Waals surface area contributed by atoms with Crippen LogP contribution in [-0.4, -0.2) is 28.1 Å². The van der Waals surface area contributed by atoms with Crippen LogP contribution in [0.25, 0.3) is 0 Å². The zero-order chi connectivity index (χ0) is 23.8. The molecule has 0 aromatic heterocycles. The summed E-state index contributed by atoms with van der Waals surface area (Å²) in [6, 6.07) is 20.6. The zero-order valence-corrected chi connectivity index (χ0v) is 19.5. The lowest BCUT2D eigenvalue weighted by molar-refractivity contribution is -0.116. The molecule has 33 heavy (non-hydrogen) atoms. The van der Waals surface area contributed by atoms with Crippen LogP contribution in [0.1, 0.15) is 29.3 Å². The highest BCUT2D eigenvalue weighted by molar-refractivity contribution is 8.00.